The Morgan fingerprint density at radius 1 is 0.889 bits per heavy atom. The first-order valence-electron chi connectivity index (χ1n) is 13.2. The summed E-state index contributed by atoms with van der Waals surface area (Å²) in [6.07, 6.45) is 6.36. The van der Waals surface area contributed by atoms with Crippen molar-refractivity contribution in [2.45, 2.75) is 76.1 Å². The molecular formula is C29H38N3O3S+. The number of hydrogen-bond donors (Lipinski definition) is 3. The Hall–Kier alpha value is -2.61. The number of aliphatic hydroxyl groups is 1. The van der Waals surface area contributed by atoms with E-state index >= 15 is 0 Å². The SMILES string of the molecule is O=C(NC1CCCCC1)C(O)[N+]1(C(=O)C(Cc2ccccc2)NC(=S)Cc2ccccc2)CCCC1. The lowest BCUT2D eigenvalue weighted by Gasteiger charge is -2.38. The van der Waals surface area contributed by atoms with E-state index in [-0.39, 0.29) is 16.4 Å². The highest BCUT2D eigenvalue weighted by molar-refractivity contribution is 7.80. The fraction of sp³-hybridized carbons (Fsp3) is 0.483. The van der Waals surface area contributed by atoms with Crippen LogP contribution in [0.4, 0.5) is 0 Å². The highest BCUT2D eigenvalue weighted by Crippen LogP contribution is 2.27. The third-order valence-corrected chi connectivity index (χ3v) is 7.84. The number of carbonyl (C=O) groups is 2. The Labute approximate surface area is 219 Å². The average Bonchev–Trinajstić information content (AvgIpc) is 3.40. The molecule has 1 heterocycles. The number of quaternary nitrogens is 1. The molecule has 6 nitrogen and oxygen atoms in total. The first-order chi connectivity index (χ1) is 17.5. The molecule has 2 atom stereocenters. The largest absolute Gasteiger partial charge is 0.364 e. The molecule has 1 aliphatic carbocycles. The van der Waals surface area contributed by atoms with Crippen molar-refractivity contribution >= 4 is 29.0 Å². The van der Waals surface area contributed by atoms with E-state index in [0.717, 1.165) is 49.7 Å². The number of nitrogens with one attached hydrogen (secondary N) is 2. The lowest BCUT2D eigenvalue weighted by molar-refractivity contribution is -0.881. The molecule has 1 aliphatic heterocycles. The highest BCUT2D eigenvalue weighted by Gasteiger charge is 2.52. The van der Waals surface area contributed by atoms with Crippen LogP contribution in [0.3, 0.4) is 0 Å². The van der Waals surface area contributed by atoms with Crippen LogP contribution in [-0.4, -0.2) is 57.8 Å². The number of carbonyl (C=O) groups excluding carboxylic acids is 2. The molecule has 2 amide bonds. The van der Waals surface area contributed by atoms with Gasteiger partial charge in [-0.2, -0.15) is 0 Å². The lowest BCUT2D eigenvalue weighted by atomic mass is 9.95. The Bertz CT molecular complexity index is 1020. The highest BCUT2D eigenvalue weighted by atomic mass is 32.1. The van der Waals surface area contributed by atoms with E-state index in [9.17, 15) is 14.7 Å². The van der Waals surface area contributed by atoms with Crippen LogP contribution in [0.15, 0.2) is 60.7 Å². The second-order valence-electron chi connectivity index (χ2n) is 10.2. The smallest absolute Gasteiger partial charge is 0.338 e. The molecule has 2 aromatic rings. The summed E-state index contributed by atoms with van der Waals surface area (Å²) in [5.74, 6) is -0.597. The molecule has 7 heteroatoms. The predicted molar refractivity (Wildman–Crippen MR) is 145 cm³/mol. The quantitative estimate of drug-likeness (QED) is 0.356. The van der Waals surface area contributed by atoms with Gasteiger partial charge >= 0.3 is 11.8 Å². The topological polar surface area (TPSA) is 78.4 Å². The second kappa shape index (κ2) is 12.6. The third kappa shape index (κ3) is 6.58. The van der Waals surface area contributed by atoms with Crippen molar-refractivity contribution in [3.05, 3.63) is 71.8 Å². The summed E-state index contributed by atoms with van der Waals surface area (Å²) < 4.78 is -0.239. The molecule has 36 heavy (non-hydrogen) atoms. The lowest BCUT2D eigenvalue weighted by Crippen LogP contribution is -2.67. The van der Waals surface area contributed by atoms with Gasteiger partial charge in [0.1, 0.15) is 6.04 Å². The number of aliphatic hydroxyl groups excluding tert-OH is 1. The molecule has 4 rings (SSSR count). The maximum atomic E-state index is 14.2. The number of hydrogen-bond acceptors (Lipinski definition) is 4. The molecular weight excluding hydrogens is 470 g/mol. The molecule has 0 bridgehead atoms. The van der Waals surface area contributed by atoms with Crippen LogP contribution in [-0.2, 0) is 22.4 Å². The minimum atomic E-state index is -1.41. The van der Waals surface area contributed by atoms with Crippen molar-refractivity contribution in [3.8, 4) is 0 Å². The van der Waals surface area contributed by atoms with Crippen LogP contribution in [0.1, 0.15) is 56.1 Å². The van der Waals surface area contributed by atoms with Gasteiger partial charge in [0.25, 0.3) is 6.23 Å². The molecule has 192 valence electrons. The molecule has 1 saturated heterocycles. The van der Waals surface area contributed by atoms with Gasteiger partial charge in [0.2, 0.25) is 0 Å². The van der Waals surface area contributed by atoms with Crippen molar-refractivity contribution in [1.82, 2.24) is 10.6 Å². The monoisotopic (exact) mass is 508 g/mol. The number of likely N-dealkylation sites (tertiary alicyclic amines) is 1. The van der Waals surface area contributed by atoms with Crippen molar-refractivity contribution in [2.75, 3.05) is 13.1 Å². The van der Waals surface area contributed by atoms with Gasteiger partial charge in [-0.05, 0) is 24.0 Å². The van der Waals surface area contributed by atoms with Crippen molar-refractivity contribution < 1.29 is 19.2 Å². The minimum Gasteiger partial charge on any atom is -0.364 e. The van der Waals surface area contributed by atoms with Gasteiger partial charge in [-0.1, -0.05) is 92.1 Å². The van der Waals surface area contributed by atoms with E-state index in [1.807, 2.05) is 60.7 Å². The Kier molecular flexibility index (Phi) is 9.24. The Balaban J connectivity index is 1.54. The first kappa shape index (κ1) is 26.5. The number of rotatable bonds is 9. The maximum Gasteiger partial charge on any atom is 0.338 e. The molecule has 0 spiro atoms. The minimum absolute atomic E-state index is 0.0790. The summed E-state index contributed by atoms with van der Waals surface area (Å²) in [5, 5.41) is 17.7. The van der Waals surface area contributed by atoms with Crippen LogP contribution >= 0.6 is 12.2 Å². The van der Waals surface area contributed by atoms with E-state index in [0.29, 0.717) is 30.9 Å². The van der Waals surface area contributed by atoms with E-state index in [1.54, 1.807) is 0 Å². The van der Waals surface area contributed by atoms with Gasteiger partial charge < -0.3 is 15.7 Å². The van der Waals surface area contributed by atoms with Gasteiger partial charge in [-0.3, -0.25) is 4.79 Å². The van der Waals surface area contributed by atoms with Crippen LogP contribution in [0.25, 0.3) is 0 Å². The molecule has 0 radical (unpaired) electrons. The standard InChI is InChI=1S/C29H37N3O3S/c33-27(30-24-16-8-3-9-17-24)29(35)32(18-10-11-19-32)28(34)25(20-22-12-4-1-5-13-22)31-26(36)21-23-14-6-2-7-15-23/h1-2,4-7,12-15,24-25,29,35H,3,8-11,16-21H2,(H-,30,31,33,36)/p+1. The van der Waals surface area contributed by atoms with Gasteiger partial charge in [0.15, 0.2) is 0 Å². The number of amides is 2. The molecule has 3 N–H and O–H groups in total. The fourth-order valence-corrected chi connectivity index (χ4v) is 5.93. The number of thiocarbonyl (C=S) groups is 1. The zero-order valence-corrected chi connectivity index (χ0v) is 21.7. The summed E-state index contributed by atoms with van der Waals surface area (Å²) >= 11 is 5.67. The number of nitrogens with zero attached hydrogens (tertiary/aromatic N) is 1. The van der Waals surface area contributed by atoms with Gasteiger partial charge in [-0.15, -0.1) is 0 Å². The average molecular weight is 509 g/mol. The predicted octanol–water partition coefficient (Wildman–Crippen LogP) is 3.66. The molecule has 2 fully saturated rings. The van der Waals surface area contributed by atoms with Crippen LogP contribution < -0.4 is 10.6 Å². The molecule has 2 aliphatic rings. The number of benzene rings is 2. The van der Waals surface area contributed by atoms with Gasteiger partial charge in [0, 0.05) is 31.7 Å². The van der Waals surface area contributed by atoms with Crippen molar-refractivity contribution in [3.63, 3.8) is 0 Å². The summed E-state index contributed by atoms with van der Waals surface area (Å²) in [6, 6.07) is 19.2. The molecule has 0 aromatic heterocycles. The Morgan fingerprint density at radius 3 is 2.08 bits per heavy atom. The van der Waals surface area contributed by atoms with E-state index < -0.39 is 18.2 Å². The maximum absolute atomic E-state index is 14.2. The van der Waals surface area contributed by atoms with E-state index in [4.69, 9.17) is 12.2 Å². The van der Waals surface area contributed by atoms with Crippen LogP contribution in [0.2, 0.25) is 0 Å². The van der Waals surface area contributed by atoms with E-state index in [2.05, 4.69) is 10.6 Å². The second-order valence-corrected chi connectivity index (χ2v) is 10.7. The van der Waals surface area contributed by atoms with Crippen LogP contribution in [0.5, 0.6) is 0 Å². The first-order valence-corrected chi connectivity index (χ1v) is 13.7. The fourth-order valence-electron chi connectivity index (χ4n) is 5.62. The van der Waals surface area contributed by atoms with Gasteiger partial charge in [0.05, 0.1) is 18.1 Å². The van der Waals surface area contributed by atoms with Crippen LogP contribution in [0, 0.1) is 0 Å². The molecule has 2 aromatic carbocycles. The summed E-state index contributed by atoms with van der Waals surface area (Å²) in [6.45, 7) is 0.910. The molecule has 2 unspecified atom stereocenters. The van der Waals surface area contributed by atoms with E-state index in [1.165, 1.54) is 6.42 Å². The van der Waals surface area contributed by atoms with Crippen molar-refractivity contribution in [1.29, 1.82) is 0 Å². The van der Waals surface area contributed by atoms with Crippen molar-refractivity contribution in [2.24, 2.45) is 0 Å². The zero-order valence-electron chi connectivity index (χ0n) is 20.9. The van der Waals surface area contributed by atoms with Gasteiger partial charge in [-0.25, -0.2) is 9.28 Å². The summed E-state index contributed by atoms with van der Waals surface area (Å²) in [5.41, 5.74) is 2.07. The zero-order chi connectivity index (χ0) is 25.4. The third-order valence-electron chi connectivity index (χ3n) is 7.58. The summed E-state index contributed by atoms with van der Waals surface area (Å²) in [7, 11) is 0. The Morgan fingerprint density at radius 2 is 1.47 bits per heavy atom. The molecule has 1 saturated carbocycles. The normalized spacial score (nSPS) is 19.2. The summed E-state index contributed by atoms with van der Waals surface area (Å²) in [4.78, 5) is 28.0.